The molecule has 0 unspecified atom stereocenters. The predicted molar refractivity (Wildman–Crippen MR) is 108 cm³/mol. The lowest BCUT2D eigenvalue weighted by Crippen LogP contribution is -2.28. The second kappa shape index (κ2) is 8.25. The van der Waals surface area contributed by atoms with Gasteiger partial charge in [0.05, 0.1) is 11.4 Å². The predicted octanol–water partition coefficient (Wildman–Crippen LogP) is 3.83. The molecule has 0 amide bonds. The maximum absolute atomic E-state index is 12.6. The molecule has 6 heteroatoms. The first-order valence-electron chi connectivity index (χ1n) is 9.28. The number of nitrogens with zero attached hydrogens (tertiary/aromatic N) is 2. The van der Waals surface area contributed by atoms with Crippen molar-refractivity contribution in [2.45, 2.75) is 33.7 Å². The fourth-order valence-electron chi connectivity index (χ4n) is 3.08. The molecule has 0 aliphatic carbocycles. The molecule has 0 fully saturated rings. The molecule has 0 aliphatic rings. The molecule has 0 atom stereocenters. The number of carbonyl (C=O) groups is 1. The monoisotopic (exact) mass is 380 g/mol. The number of aromatic nitrogens is 2. The first kappa shape index (κ1) is 19.6. The molecule has 0 spiro atoms. The van der Waals surface area contributed by atoms with Crippen LogP contribution in [0.25, 0.3) is 10.8 Å². The number of benzene rings is 2. The Morgan fingerprint density at radius 3 is 2.29 bits per heavy atom. The second-order valence-corrected chi connectivity index (χ2v) is 6.94. The topological polar surface area (TPSA) is 70.4 Å². The van der Waals surface area contributed by atoms with Crippen molar-refractivity contribution < 1.29 is 14.3 Å². The summed E-state index contributed by atoms with van der Waals surface area (Å²) in [6, 6.07) is 12.7. The molecular weight excluding hydrogens is 356 g/mol. The first-order valence-corrected chi connectivity index (χ1v) is 9.28. The molecule has 1 aromatic heterocycles. The van der Waals surface area contributed by atoms with Gasteiger partial charge >= 0.3 is 5.97 Å². The average molecular weight is 380 g/mol. The number of fused-ring (bicyclic) bond motifs is 1. The minimum absolute atomic E-state index is 0.0867. The normalized spacial score (nSPS) is 11.0. The van der Waals surface area contributed by atoms with Crippen molar-refractivity contribution in [1.82, 2.24) is 9.78 Å². The van der Waals surface area contributed by atoms with Gasteiger partial charge in [0.25, 0.3) is 5.56 Å². The van der Waals surface area contributed by atoms with Crippen LogP contribution in [-0.2, 0) is 4.74 Å². The molecule has 3 aromatic rings. The summed E-state index contributed by atoms with van der Waals surface area (Å²) in [5.74, 6) is 0.228. The van der Waals surface area contributed by atoms with E-state index in [1.807, 2.05) is 45.9 Å². The zero-order valence-electron chi connectivity index (χ0n) is 16.6. The molecule has 3 rings (SSSR count). The number of ether oxygens (including phenoxy) is 2. The van der Waals surface area contributed by atoms with Gasteiger partial charge in [-0.1, -0.05) is 36.4 Å². The summed E-state index contributed by atoms with van der Waals surface area (Å²) in [4.78, 5) is 25.2. The van der Waals surface area contributed by atoms with E-state index < -0.39 is 5.97 Å². The van der Waals surface area contributed by atoms with Gasteiger partial charge < -0.3 is 9.47 Å². The summed E-state index contributed by atoms with van der Waals surface area (Å²) in [5.41, 5.74) is 1.97. The highest BCUT2D eigenvalue weighted by atomic mass is 16.6. The SMILES string of the molecule is Cc1cccc(C)c1OCCOC(=O)c1nn(C(C)C)c(=O)c2ccccc12. The van der Waals surface area contributed by atoms with E-state index in [1.165, 1.54) is 4.68 Å². The Morgan fingerprint density at radius 2 is 1.64 bits per heavy atom. The van der Waals surface area contributed by atoms with Gasteiger partial charge in [-0.25, -0.2) is 9.48 Å². The van der Waals surface area contributed by atoms with E-state index in [-0.39, 0.29) is 30.5 Å². The van der Waals surface area contributed by atoms with E-state index in [4.69, 9.17) is 9.47 Å². The zero-order valence-corrected chi connectivity index (χ0v) is 16.6. The molecule has 2 aromatic carbocycles. The van der Waals surface area contributed by atoms with E-state index >= 15 is 0 Å². The summed E-state index contributed by atoms with van der Waals surface area (Å²) in [6.07, 6.45) is 0. The maximum atomic E-state index is 12.6. The number of aryl methyl sites for hydroxylation is 2. The van der Waals surface area contributed by atoms with E-state index in [0.717, 1.165) is 16.9 Å². The van der Waals surface area contributed by atoms with E-state index in [2.05, 4.69) is 5.10 Å². The standard InChI is InChI=1S/C22H24N2O4/c1-14(2)24-21(25)18-11-6-5-10-17(18)19(23-24)22(26)28-13-12-27-20-15(3)8-7-9-16(20)4/h5-11,14H,12-13H2,1-4H3. The van der Waals surface area contributed by atoms with Gasteiger partial charge in [-0.3, -0.25) is 4.79 Å². The van der Waals surface area contributed by atoms with Gasteiger partial charge in [0.1, 0.15) is 19.0 Å². The number of carbonyl (C=O) groups excluding carboxylic acids is 1. The fourth-order valence-corrected chi connectivity index (χ4v) is 3.08. The number of rotatable bonds is 6. The Balaban J connectivity index is 1.77. The van der Waals surface area contributed by atoms with Crippen LogP contribution < -0.4 is 10.3 Å². The second-order valence-electron chi connectivity index (χ2n) is 6.94. The minimum atomic E-state index is -0.573. The third-order valence-corrected chi connectivity index (χ3v) is 4.48. The zero-order chi connectivity index (χ0) is 20.3. The lowest BCUT2D eigenvalue weighted by Gasteiger charge is -2.14. The van der Waals surface area contributed by atoms with Gasteiger partial charge in [0.15, 0.2) is 5.69 Å². The molecule has 0 saturated heterocycles. The van der Waals surface area contributed by atoms with Crippen LogP contribution in [0.2, 0.25) is 0 Å². The Kier molecular flexibility index (Phi) is 5.78. The highest BCUT2D eigenvalue weighted by Crippen LogP contribution is 2.22. The van der Waals surface area contributed by atoms with Crippen LogP contribution in [0.5, 0.6) is 5.75 Å². The minimum Gasteiger partial charge on any atom is -0.489 e. The van der Waals surface area contributed by atoms with Crippen LogP contribution in [0, 0.1) is 13.8 Å². The number of para-hydroxylation sites is 1. The Bertz CT molecular complexity index is 1050. The van der Waals surface area contributed by atoms with Crippen molar-refractivity contribution in [3.63, 3.8) is 0 Å². The number of esters is 1. The van der Waals surface area contributed by atoms with Gasteiger partial charge in [-0.15, -0.1) is 0 Å². The average Bonchev–Trinajstić information content (AvgIpc) is 2.67. The van der Waals surface area contributed by atoms with Gasteiger partial charge in [0.2, 0.25) is 0 Å². The molecule has 0 bridgehead atoms. The summed E-state index contributed by atoms with van der Waals surface area (Å²) < 4.78 is 12.5. The third-order valence-electron chi connectivity index (χ3n) is 4.48. The number of hydrogen-bond acceptors (Lipinski definition) is 5. The summed E-state index contributed by atoms with van der Waals surface area (Å²) in [7, 11) is 0. The first-order chi connectivity index (χ1) is 13.4. The van der Waals surface area contributed by atoms with Crippen LogP contribution >= 0.6 is 0 Å². The van der Waals surface area contributed by atoms with Gasteiger partial charge in [0, 0.05) is 5.39 Å². The molecule has 0 saturated carbocycles. The van der Waals surface area contributed by atoms with E-state index in [1.54, 1.807) is 24.3 Å². The Labute approximate surface area is 163 Å². The van der Waals surface area contributed by atoms with Crippen LogP contribution in [0.3, 0.4) is 0 Å². The fraction of sp³-hybridized carbons (Fsp3) is 0.318. The Morgan fingerprint density at radius 1 is 1.00 bits per heavy atom. The molecule has 0 radical (unpaired) electrons. The smallest absolute Gasteiger partial charge is 0.359 e. The van der Waals surface area contributed by atoms with Gasteiger partial charge in [-0.05, 0) is 44.9 Å². The summed E-state index contributed by atoms with van der Waals surface area (Å²) in [5, 5.41) is 5.19. The molecule has 6 nitrogen and oxygen atoms in total. The van der Waals surface area contributed by atoms with Gasteiger partial charge in [-0.2, -0.15) is 5.10 Å². The van der Waals surface area contributed by atoms with Crippen LogP contribution in [0.4, 0.5) is 0 Å². The third kappa shape index (κ3) is 3.91. The lowest BCUT2D eigenvalue weighted by atomic mass is 10.1. The summed E-state index contributed by atoms with van der Waals surface area (Å²) >= 11 is 0. The van der Waals surface area contributed by atoms with Crippen molar-refractivity contribution in [3.8, 4) is 5.75 Å². The van der Waals surface area contributed by atoms with Crippen molar-refractivity contribution >= 4 is 16.7 Å². The van der Waals surface area contributed by atoms with Crippen LogP contribution in [-0.4, -0.2) is 29.0 Å². The molecule has 0 N–H and O–H groups in total. The largest absolute Gasteiger partial charge is 0.489 e. The van der Waals surface area contributed by atoms with Crippen molar-refractivity contribution in [2.75, 3.05) is 13.2 Å². The van der Waals surface area contributed by atoms with E-state index in [0.29, 0.717) is 10.8 Å². The van der Waals surface area contributed by atoms with E-state index in [9.17, 15) is 9.59 Å². The molecule has 146 valence electrons. The molecular formula is C22H24N2O4. The summed E-state index contributed by atoms with van der Waals surface area (Å²) in [6.45, 7) is 7.95. The van der Waals surface area contributed by atoms with Crippen molar-refractivity contribution in [1.29, 1.82) is 0 Å². The highest BCUT2D eigenvalue weighted by Gasteiger charge is 2.19. The quantitative estimate of drug-likeness (QED) is 0.480. The number of hydrogen-bond donors (Lipinski definition) is 0. The molecule has 1 heterocycles. The molecule has 0 aliphatic heterocycles. The van der Waals surface area contributed by atoms with Crippen LogP contribution in [0.15, 0.2) is 47.3 Å². The van der Waals surface area contributed by atoms with Crippen molar-refractivity contribution in [2.24, 2.45) is 0 Å². The lowest BCUT2D eigenvalue weighted by molar-refractivity contribution is 0.0442. The maximum Gasteiger partial charge on any atom is 0.359 e. The highest BCUT2D eigenvalue weighted by molar-refractivity contribution is 6.02. The molecule has 28 heavy (non-hydrogen) atoms. The Hall–Kier alpha value is -3.15. The van der Waals surface area contributed by atoms with Crippen LogP contribution in [0.1, 0.15) is 41.5 Å². The van der Waals surface area contributed by atoms with Crippen molar-refractivity contribution in [3.05, 3.63) is 69.6 Å².